The van der Waals surface area contributed by atoms with E-state index in [-0.39, 0.29) is 24.4 Å². The summed E-state index contributed by atoms with van der Waals surface area (Å²) in [7, 11) is 1.44. The molecule has 0 aromatic heterocycles. The van der Waals surface area contributed by atoms with E-state index < -0.39 is 70.6 Å². The number of likely N-dealkylation sites (tertiary alicyclic amines) is 1. The van der Waals surface area contributed by atoms with Crippen LogP contribution in [0.3, 0.4) is 0 Å². The van der Waals surface area contributed by atoms with Gasteiger partial charge in [0.2, 0.25) is 17.6 Å². The number of nitrogens with two attached hydrogens (primary N) is 1. The molecular formula is C28H46N6O7. The normalized spacial score (nSPS) is 23.8. The van der Waals surface area contributed by atoms with Crippen LogP contribution in [0.15, 0.2) is 0 Å². The van der Waals surface area contributed by atoms with Crippen molar-refractivity contribution in [3.05, 3.63) is 0 Å². The second kappa shape index (κ2) is 12.2. The summed E-state index contributed by atoms with van der Waals surface area (Å²) in [5.41, 5.74) is 4.05. The van der Waals surface area contributed by atoms with E-state index in [4.69, 9.17) is 10.5 Å². The summed E-state index contributed by atoms with van der Waals surface area (Å²) in [4.78, 5) is 77.7. The van der Waals surface area contributed by atoms with Gasteiger partial charge in [-0.3, -0.25) is 19.2 Å². The first-order chi connectivity index (χ1) is 18.9. The van der Waals surface area contributed by atoms with Crippen LogP contribution >= 0.6 is 0 Å². The first kappa shape index (κ1) is 32.1. The van der Waals surface area contributed by atoms with Crippen LogP contribution in [0.2, 0.25) is 0 Å². The quantitative estimate of drug-likeness (QED) is 0.223. The van der Waals surface area contributed by atoms with Crippen molar-refractivity contribution < 1.29 is 33.5 Å². The predicted molar refractivity (Wildman–Crippen MR) is 149 cm³/mol. The van der Waals surface area contributed by atoms with Crippen LogP contribution in [-0.2, 0) is 23.9 Å². The molecule has 0 aromatic carbocycles. The van der Waals surface area contributed by atoms with E-state index in [1.807, 2.05) is 41.5 Å². The van der Waals surface area contributed by atoms with Crippen LogP contribution in [-0.4, -0.2) is 84.9 Å². The van der Waals surface area contributed by atoms with Gasteiger partial charge in [-0.05, 0) is 41.4 Å². The summed E-state index contributed by atoms with van der Waals surface area (Å²) < 4.78 is 5.16. The zero-order valence-electron chi connectivity index (χ0n) is 25.2. The molecule has 0 aromatic rings. The number of ether oxygens (including phenoxy) is 1. The number of urea groups is 1. The van der Waals surface area contributed by atoms with Gasteiger partial charge in [0, 0.05) is 13.6 Å². The second-order valence-corrected chi connectivity index (χ2v) is 13.7. The third-order valence-corrected chi connectivity index (χ3v) is 8.17. The SMILES string of the molecule is CNC(=O)OCC(NC(=O)NC(C(=O)N1CC2C[C@@H]2[C@H]1C(=O)NC(CC1CC1)C(=O)C(N)=O)C(C)(C)C)C(C)(C)C. The number of piperidine rings is 1. The van der Waals surface area contributed by atoms with Gasteiger partial charge in [-0.2, -0.15) is 0 Å². The summed E-state index contributed by atoms with van der Waals surface area (Å²) in [6, 6.07) is -3.98. The largest absolute Gasteiger partial charge is 0.447 e. The van der Waals surface area contributed by atoms with Crippen LogP contribution in [0.5, 0.6) is 0 Å². The molecule has 1 aliphatic heterocycles. The van der Waals surface area contributed by atoms with Gasteiger partial charge in [-0.15, -0.1) is 0 Å². The molecule has 4 unspecified atom stereocenters. The first-order valence-corrected chi connectivity index (χ1v) is 14.3. The monoisotopic (exact) mass is 578 g/mol. The maximum atomic E-state index is 13.9. The highest BCUT2D eigenvalue weighted by molar-refractivity contribution is 6.37. The number of carbonyl (C=O) groups excluding carboxylic acids is 6. The van der Waals surface area contributed by atoms with E-state index in [0.717, 1.165) is 19.3 Å². The highest BCUT2D eigenvalue weighted by Crippen LogP contribution is 2.50. The molecule has 3 rings (SSSR count). The molecule has 0 radical (unpaired) electrons. The minimum Gasteiger partial charge on any atom is -0.447 e. The topological polar surface area (TPSA) is 189 Å². The number of carbonyl (C=O) groups is 6. The average Bonchev–Trinajstić information content (AvgIpc) is 3.80. The van der Waals surface area contributed by atoms with Crippen molar-refractivity contribution in [2.75, 3.05) is 20.2 Å². The lowest BCUT2D eigenvalue weighted by Gasteiger charge is -2.37. The molecule has 3 fully saturated rings. The first-order valence-electron chi connectivity index (χ1n) is 14.3. The number of nitrogens with zero attached hydrogens (tertiary/aromatic N) is 1. The summed E-state index contributed by atoms with van der Waals surface area (Å²) in [6.45, 7) is 11.4. The molecule has 1 heterocycles. The van der Waals surface area contributed by atoms with E-state index in [9.17, 15) is 28.8 Å². The Labute approximate surface area is 241 Å². The highest BCUT2D eigenvalue weighted by Gasteiger charge is 2.58. The Morgan fingerprint density at radius 1 is 0.951 bits per heavy atom. The molecule has 1 saturated heterocycles. The zero-order valence-corrected chi connectivity index (χ0v) is 25.2. The van der Waals surface area contributed by atoms with E-state index in [1.165, 1.54) is 11.9 Å². The minimum atomic E-state index is -1.10. The number of hydrogen-bond acceptors (Lipinski definition) is 7. The van der Waals surface area contributed by atoms with Gasteiger partial charge in [-0.1, -0.05) is 54.4 Å². The highest BCUT2D eigenvalue weighted by atomic mass is 16.5. The van der Waals surface area contributed by atoms with Gasteiger partial charge in [0.1, 0.15) is 18.7 Å². The standard InChI is InChI=1S/C28H46N6O7/c1-27(2,3)18(13-41-26(40)30-7)32-25(39)33-21(28(4,5)6)24(38)34-12-15-11-16(15)19(34)23(37)31-17(10-14-8-9-14)20(35)22(29)36/h14-19,21H,8-13H2,1-7H3,(H2,29,36)(H,30,40)(H,31,37)(H2,32,33,39)/t15?,16-,17?,18?,19-,21?/m0/s1. The van der Waals surface area contributed by atoms with Crippen molar-refractivity contribution in [1.82, 2.24) is 26.2 Å². The second-order valence-electron chi connectivity index (χ2n) is 13.7. The molecule has 41 heavy (non-hydrogen) atoms. The summed E-state index contributed by atoms with van der Waals surface area (Å²) in [5.74, 6) is -2.47. The lowest BCUT2D eigenvalue weighted by molar-refractivity contribution is -0.144. The Hall–Kier alpha value is -3.38. The molecule has 2 aliphatic carbocycles. The molecule has 6 amide bonds. The van der Waals surface area contributed by atoms with Crippen LogP contribution in [0.4, 0.5) is 9.59 Å². The Morgan fingerprint density at radius 2 is 1.59 bits per heavy atom. The van der Waals surface area contributed by atoms with E-state index in [0.29, 0.717) is 13.0 Å². The molecule has 3 aliphatic rings. The number of primary amides is 1. The number of rotatable bonds is 11. The molecule has 13 heteroatoms. The van der Waals surface area contributed by atoms with Gasteiger partial charge < -0.3 is 36.6 Å². The lowest BCUT2D eigenvalue weighted by atomic mass is 9.85. The third-order valence-electron chi connectivity index (χ3n) is 8.17. The minimum absolute atomic E-state index is 0.0502. The number of alkyl carbamates (subject to hydrolysis) is 1. The fourth-order valence-corrected chi connectivity index (χ4v) is 5.26. The molecule has 6 atom stereocenters. The molecule has 0 spiro atoms. The van der Waals surface area contributed by atoms with Gasteiger partial charge in [-0.25, -0.2) is 9.59 Å². The fourth-order valence-electron chi connectivity index (χ4n) is 5.26. The molecular weight excluding hydrogens is 532 g/mol. The number of ketones is 1. The molecule has 230 valence electrons. The molecule has 0 bridgehead atoms. The molecule has 2 saturated carbocycles. The summed E-state index contributed by atoms with van der Waals surface area (Å²) in [6.07, 6.45) is 2.34. The number of amides is 6. The summed E-state index contributed by atoms with van der Waals surface area (Å²) in [5, 5.41) is 10.7. The van der Waals surface area contributed by atoms with Crippen molar-refractivity contribution in [2.24, 2.45) is 34.3 Å². The zero-order chi connectivity index (χ0) is 30.9. The Balaban J connectivity index is 1.73. The predicted octanol–water partition coefficient (Wildman–Crippen LogP) is 0.657. The number of nitrogens with one attached hydrogen (secondary N) is 4. The van der Waals surface area contributed by atoms with Crippen molar-refractivity contribution in [1.29, 1.82) is 0 Å². The maximum absolute atomic E-state index is 13.9. The lowest BCUT2D eigenvalue weighted by Crippen LogP contribution is -2.62. The fraction of sp³-hybridized carbons (Fsp3) is 0.786. The van der Waals surface area contributed by atoms with Crippen molar-refractivity contribution in [3.63, 3.8) is 0 Å². The van der Waals surface area contributed by atoms with E-state index >= 15 is 0 Å². The van der Waals surface area contributed by atoms with Crippen LogP contribution < -0.4 is 27.0 Å². The van der Waals surface area contributed by atoms with Gasteiger partial charge in [0.15, 0.2) is 0 Å². The molecule has 6 N–H and O–H groups in total. The van der Waals surface area contributed by atoms with Crippen molar-refractivity contribution >= 4 is 35.6 Å². The Bertz CT molecular complexity index is 1060. The Morgan fingerprint density at radius 3 is 2.10 bits per heavy atom. The smallest absolute Gasteiger partial charge is 0.406 e. The van der Waals surface area contributed by atoms with Crippen molar-refractivity contribution in [3.8, 4) is 0 Å². The van der Waals surface area contributed by atoms with Gasteiger partial charge in [0.05, 0.1) is 12.1 Å². The van der Waals surface area contributed by atoms with Crippen LogP contribution in [0.1, 0.15) is 67.2 Å². The van der Waals surface area contributed by atoms with Gasteiger partial charge in [0.25, 0.3) is 5.91 Å². The van der Waals surface area contributed by atoms with Crippen LogP contribution in [0.25, 0.3) is 0 Å². The number of fused-ring (bicyclic) bond motifs is 1. The average molecular weight is 579 g/mol. The Kier molecular flexibility index (Phi) is 9.59. The van der Waals surface area contributed by atoms with Crippen molar-refractivity contribution in [2.45, 2.75) is 91.4 Å². The molecule has 13 nitrogen and oxygen atoms in total. The van der Waals surface area contributed by atoms with E-state index in [1.54, 1.807) is 0 Å². The van der Waals surface area contributed by atoms with E-state index in [2.05, 4.69) is 21.3 Å². The maximum Gasteiger partial charge on any atom is 0.406 e. The summed E-state index contributed by atoms with van der Waals surface area (Å²) >= 11 is 0. The van der Waals surface area contributed by atoms with Crippen LogP contribution in [0, 0.1) is 28.6 Å². The van der Waals surface area contributed by atoms with Gasteiger partial charge >= 0.3 is 12.1 Å². The number of hydrogen-bond donors (Lipinski definition) is 5. The number of Topliss-reactive ketones (excluding diaryl/α,β-unsaturated/α-hetero) is 1. The third kappa shape index (κ3) is 8.32.